The summed E-state index contributed by atoms with van der Waals surface area (Å²) in [6.07, 6.45) is 0.672. The van der Waals surface area contributed by atoms with E-state index in [2.05, 4.69) is 37.5 Å². The van der Waals surface area contributed by atoms with E-state index in [1.807, 2.05) is 0 Å². The lowest BCUT2D eigenvalue weighted by Crippen LogP contribution is -2.66. The summed E-state index contributed by atoms with van der Waals surface area (Å²) < 4.78 is 6.15. The van der Waals surface area contributed by atoms with Crippen LogP contribution in [0, 0.1) is 5.92 Å². The molecule has 110 valence electrons. The van der Waals surface area contributed by atoms with Gasteiger partial charge in [-0.3, -0.25) is 9.80 Å². The first-order valence-corrected chi connectivity index (χ1v) is 7.63. The molecule has 0 radical (unpaired) electrons. The summed E-state index contributed by atoms with van der Waals surface area (Å²) in [4.78, 5) is 4.97. The van der Waals surface area contributed by atoms with E-state index < -0.39 is 0 Å². The van der Waals surface area contributed by atoms with Gasteiger partial charge in [-0.25, -0.2) is 0 Å². The van der Waals surface area contributed by atoms with Gasteiger partial charge in [0.1, 0.15) is 0 Å². The molecule has 4 aliphatic heterocycles. The van der Waals surface area contributed by atoms with Crippen LogP contribution in [0.2, 0.25) is 0 Å². The molecule has 0 aromatic heterocycles. The zero-order valence-corrected chi connectivity index (χ0v) is 12.7. The molecule has 0 aromatic carbocycles. The van der Waals surface area contributed by atoms with E-state index in [4.69, 9.17) is 4.74 Å². The van der Waals surface area contributed by atoms with Gasteiger partial charge in [0, 0.05) is 44.7 Å². The summed E-state index contributed by atoms with van der Waals surface area (Å²) in [5.74, 6) is 0.230. The third-order valence-corrected chi connectivity index (χ3v) is 5.27. The lowest BCUT2D eigenvalue weighted by Gasteiger charge is -2.50. The minimum absolute atomic E-state index is 0.113. The Morgan fingerprint density at radius 3 is 2.16 bits per heavy atom. The molecule has 4 heteroatoms. The van der Waals surface area contributed by atoms with Gasteiger partial charge in [0.05, 0.1) is 17.3 Å². The molecule has 4 heterocycles. The zero-order valence-electron chi connectivity index (χ0n) is 12.7. The Balaban J connectivity index is 1.75. The maximum absolute atomic E-state index is 10.9. The van der Waals surface area contributed by atoms with Crippen molar-refractivity contribution in [3.8, 4) is 0 Å². The van der Waals surface area contributed by atoms with Gasteiger partial charge >= 0.3 is 0 Å². The van der Waals surface area contributed by atoms with E-state index in [-0.39, 0.29) is 23.2 Å². The minimum Gasteiger partial charge on any atom is -0.391 e. The Bertz CT molecular complexity index is 348. The molecule has 19 heavy (non-hydrogen) atoms. The van der Waals surface area contributed by atoms with Crippen molar-refractivity contribution in [3.05, 3.63) is 0 Å². The number of rotatable bonds is 2. The number of aliphatic hydroxyl groups excluding tert-OH is 1. The molecule has 2 bridgehead atoms. The summed E-state index contributed by atoms with van der Waals surface area (Å²) >= 11 is 0. The lowest BCUT2D eigenvalue weighted by atomic mass is 9.79. The van der Waals surface area contributed by atoms with Gasteiger partial charge in [0.15, 0.2) is 0 Å². The quantitative estimate of drug-likeness (QED) is 0.808. The van der Waals surface area contributed by atoms with Gasteiger partial charge in [0.2, 0.25) is 0 Å². The first-order valence-electron chi connectivity index (χ1n) is 7.63. The Hall–Kier alpha value is -0.160. The standard InChI is InChI=1S/C15H28N2O2/c1-14(2)9-11(15(3,4)19-14)13(18)12-10-16-5-7-17(12)8-6-16/h11-13,18H,5-10H2,1-4H3. The summed E-state index contributed by atoms with van der Waals surface area (Å²) in [5.41, 5.74) is -0.339. The predicted octanol–water partition coefficient (Wildman–Crippen LogP) is 0.941. The van der Waals surface area contributed by atoms with Crippen LogP contribution in [0.15, 0.2) is 0 Å². The molecule has 0 spiro atoms. The number of piperazine rings is 3. The van der Waals surface area contributed by atoms with Crippen LogP contribution < -0.4 is 0 Å². The minimum atomic E-state index is -0.278. The highest BCUT2D eigenvalue weighted by atomic mass is 16.5. The van der Waals surface area contributed by atoms with Crippen LogP contribution >= 0.6 is 0 Å². The van der Waals surface area contributed by atoms with Crippen LogP contribution in [0.4, 0.5) is 0 Å². The third kappa shape index (κ3) is 2.44. The van der Waals surface area contributed by atoms with Crippen LogP contribution in [0.25, 0.3) is 0 Å². The van der Waals surface area contributed by atoms with E-state index in [9.17, 15) is 5.11 Å². The van der Waals surface area contributed by atoms with Crippen molar-refractivity contribution in [1.82, 2.24) is 9.80 Å². The molecule has 4 rings (SSSR count). The molecule has 3 atom stereocenters. The summed E-state index contributed by atoms with van der Waals surface area (Å²) in [6, 6.07) is 0.296. The van der Waals surface area contributed by atoms with E-state index in [1.54, 1.807) is 0 Å². The Morgan fingerprint density at radius 2 is 1.74 bits per heavy atom. The average molecular weight is 268 g/mol. The lowest BCUT2D eigenvalue weighted by molar-refractivity contribution is -0.112. The molecule has 4 saturated heterocycles. The van der Waals surface area contributed by atoms with Crippen molar-refractivity contribution in [2.75, 3.05) is 32.7 Å². The molecular formula is C15H28N2O2. The Labute approximate surface area is 116 Å². The molecule has 0 saturated carbocycles. The topological polar surface area (TPSA) is 35.9 Å². The van der Waals surface area contributed by atoms with E-state index in [0.29, 0.717) is 6.04 Å². The molecule has 0 aliphatic carbocycles. The molecule has 0 amide bonds. The number of hydrogen-bond acceptors (Lipinski definition) is 4. The summed E-state index contributed by atoms with van der Waals surface area (Å²) in [7, 11) is 0. The monoisotopic (exact) mass is 268 g/mol. The van der Waals surface area contributed by atoms with Crippen molar-refractivity contribution >= 4 is 0 Å². The molecular weight excluding hydrogens is 240 g/mol. The van der Waals surface area contributed by atoms with Crippen molar-refractivity contribution < 1.29 is 9.84 Å². The second-order valence-corrected chi connectivity index (χ2v) is 7.67. The zero-order chi connectivity index (χ0) is 13.8. The summed E-state index contributed by atoms with van der Waals surface area (Å²) in [6.45, 7) is 14.1. The molecule has 4 nitrogen and oxygen atoms in total. The maximum atomic E-state index is 10.9. The number of nitrogens with zero attached hydrogens (tertiary/aromatic N) is 2. The van der Waals surface area contributed by atoms with Gasteiger partial charge in [-0.2, -0.15) is 0 Å². The number of ether oxygens (including phenoxy) is 1. The van der Waals surface area contributed by atoms with Crippen molar-refractivity contribution in [2.45, 2.75) is 57.5 Å². The highest BCUT2D eigenvalue weighted by Crippen LogP contribution is 2.45. The van der Waals surface area contributed by atoms with Crippen LogP contribution in [0.5, 0.6) is 0 Å². The van der Waals surface area contributed by atoms with Gasteiger partial charge in [0.25, 0.3) is 0 Å². The van der Waals surface area contributed by atoms with Crippen LogP contribution in [-0.2, 0) is 4.74 Å². The number of aliphatic hydroxyl groups is 1. The van der Waals surface area contributed by atoms with Gasteiger partial charge in [-0.05, 0) is 34.1 Å². The number of fused-ring (bicyclic) bond motifs is 3. The molecule has 0 aromatic rings. The van der Waals surface area contributed by atoms with Crippen molar-refractivity contribution in [3.63, 3.8) is 0 Å². The van der Waals surface area contributed by atoms with Crippen molar-refractivity contribution in [1.29, 1.82) is 0 Å². The molecule has 4 aliphatic rings. The van der Waals surface area contributed by atoms with Gasteiger partial charge in [-0.1, -0.05) is 0 Å². The highest BCUT2D eigenvalue weighted by Gasteiger charge is 2.52. The summed E-state index contributed by atoms with van der Waals surface area (Å²) in [5, 5.41) is 10.9. The average Bonchev–Trinajstić information content (AvgIpc) is 2.58. The largest absolute Gasteiger partial charge is 0.391 e. The fourth-order valence-electron chi connectivity index (χ4n) is 4.39. The van der Waals surface area contributed by atoms with Crippen LogP contribution in [-0.4, -0.2) is 71.0 Å². The van der Waals surface area contributed by atoms with E-state index in [0.717, 1.165) is 26.1 Å². The smallest absolute Gasteiger partial charge is 0.0764 e. The fraction of sp³-hybridized carbons (Fsp3) is 1.00. The Kier molecular flexibility index (Phi) is 3.21. The maximum Gasteiger partial charge on any atom is 0.0764 e. The highest BCUT2D eigenvalue weighted by molar-refractivity contribution is 5.03. The predicted molar refractivity (Wildman–Crippen MR) is 75.2 cm³/mol. The van der Waals surface area contributed by atoms with Crippen LogP contribution in [0.1, 0.15) is 34.1 Å². The fourth-order valence-corrected chi connectivity index (χ4v) is 4.39. The second-order valence-electron chi connectivity index (χ2n) is 7.67. The SMILES string of the molecule is CC1(C)CC(C(O)C2CN3CCN2CC3)C(C)(C)O1. The molecule has 3 unspecified atom stereocenters. The van der Waals surface area contributed by atoms with E-state index in [1.165, 1.54) is 13.1 Å². The second kappa shape index (κ2) is 4.42. The molecule has 1 N–H and O–H groups in total. The number of hydrogen-bond donors (Lipinski definition) is 1. The van der Waals surface area contributed by atoms with Crippen LogP contribution in [0.3, 0.4) is 0 Å². The van der Waals surface area contributed by atoms with Crippen molar-refractivity contribution in [2.24, 2.45) is 5.92 Å². The normalized spacial score (nSPS) is 45.3. The van der Waals surface area contributed by atoms with Gasteiger partial charge in [-0.15, -0.1) is 0 Å². The van der Waals surface area contributed by atoms with Gasteiger partial charge < -0.3 is 9.84 Å². The Morgan fingerprint density at radius 1 is 1.11 bits per heavy atom. The first-order chi connectivity index (χ1) is 8.78. The molecule has 4 fully saturated rings. The third-order valence-electron chi connectivity index (χ3n) is 5.27. The first kappa shape index (κ1) is 13.8. The van der Waals surface area contributed by atoms with E-state index >= 15 is 0 Å².